The van der Waals surface area contributed by atoms with E-state index in [1.807, 2.05) is 0 Å². The van der Waals surface area contributed by atoms with Gasteiger partial charge in [-0.25, -0.2) is 4.98 Å². The molecule has 1 aliphatic rings. The molecule has 0 atom stereocenters. The molecule has 32 heavy (non-hydrogen) atoms. The van der Waals surface area contributed by atoms with Gasteiger partial charge in [0, 0.05) is 22.9 Å². The Morgan fingerprint density at radius 2 is 1.25 bits per heavy atom. The van der Waals surface area contributed by atoms with Crippen LogP contribution in [0.15, 0.2) is 103 Å². The summed E-state index contributed by atoms with van der Waals surface area (Å²) >= 11 is 0. The van der Waals surface area contributed by atoms with E-state index in [-0.39, 0.29) is 5.41 Å². The van der Waals surface area contributed by atoms with Crippen LogP contribution in [0.3, 0.4) is 0 Å². The van der Waals surface area contributed by atoms with Crippen molar-refractivity contribution < 1.29 is 0 Å². The quantitative estimate of drug-likeness (QED) is 0.286. The van der Waals surface area contributed by atoms with Gasteiger partial charge in [-0.15, -0.1) is 0 Å². The second-order valence-electron chi connectivity index (χ2n) is 8.86. The number of nitrogens with zero attached hydrogens (tertiary/aromatic N) is 2. The Labute approximate surface area is 186 Å². The summed E-state index contributed by atoms with van der Waals surface area (Å²) in [5, 5.41) is 3.78. The highest BCUT2D eigenvalue weighted by atomic mass is 15.0. The van der Waals surface area contributed by atoms with Crippen molar-refractivity contribution in [1.82, 2.24) is 9.38 Å². The van der Waals surface area contributed by atoms with E-state index in [1.54, 1.807) is 0 Å². The number of pyridine rings is 1. The molecule has 2 heteroatoms. The number of hydrogen-bond donors (Lipinski definition) is 0. The summed E-state index contributed by atoms with van der Waals surface area (Å²) in [7, 11) is 0. The van der Waals surface area contributed by atoms with E-state index >= 15 is 0 Å². The summed E-state index contributed by atoms with van der Waals surface area (Å²) in [4.78, 5) is 5.11. The van der Waals surface area contributed by atoms with Gasteiger partial charge in [0.1, 0.15) is 5.65 Å². The average molecular weight is 411 g/mol. The fourth-order valence-corrected chi connectivity index (χ4v) is 5.92. The second kappa shape index (κ2) is 6.30. The number of aromatic nitrogens is 2. The zero-order valence-electron chi connectivity index (χ0n) is 17.9. The van der Waals surface area contributed by atoms with E-state index in [1.165, 1.54) is 44.1 Å². The fraction of sp³-hybridized carbons (Fsp3) is 0.100. The normalized spacial score (nSPS) is 14.5. The first-order chi connectivity index (χ1) is 15.8. The van der Waals surface area contributed by atoms with E-state index in [4.69, 9.17) is 4.98 Å². The summed E-state index contributed by atoms with van der Waals surface area (Å²) < 4.78 is 2.44. The second-order valence-corrected chi connectivity index (χ2v) is 8.86. The molecule has 0 radical (unpaired) electrons. The molecule has 0 saturated carbocycles. The van der Waals surface area contributed by atoms with Crippen molar-refractivity contribution in [3.05, 3.63) is 131 Å². The monoisotopic (exact) mass is 410 g/mol. The Morgan fingerprint density at radius 1 is 0.656 bits per heavy atom. The van der Waals surface area contributed by atoms with Gasteiger partial charge in [-0.1, -0.05) is 103 Å². The lowest BCUT2D eigenvalue weighted by molar-refractivity contribution is 0.588. The number of aryl methyl sites for hydroxylation is 1. The van der Waals surface area contributed by atoms with Gasteiger partial charge in [0.15, 0.2) is 0 Å². The highest BCUT2D eigenvalue weighted by Crippen LogP contribution is 2.49. The van der Waals surface area contributed by atoms with Crippen LogP contribution in [0.25, 0.3) is 27.3 Å². The number of para-hydroxylation sites is 1. The number of fused-ring (bicyclic) bond motifs is 3. The third-order valence-corrected chi connectivity index (χ3v) is 7.32. The van der Waals surface area contributed by atoms with Crippen LogP contribution in [-0.2, 0) is 11.8 Å². The average Bonchev–Trinajstić information content (AvgIpc) is 3.20. The Morgan fingerprint density at radius 3 is 1.94 bits per heavy atom. The van der Waals surface area contributed by atoms with E-state index in [2.05, 4.69) is 114 Å². The minimum absolute atomic E-state index is 0.266. The molecule has 0 fully saturated rings. The maximum Gasteiger partial charge on any atom is 0.145 e. The molecule has 2 nitrogen and oxygen atoms in total. The van der Waals surface area contributed by atoms with Crippen LogP contribution < -0.4 is 0 Å². The number of rotatable bonds is 2. The van der Waals surface area contributed by atoms with E-state index in [0.29, 0.717) is 0 Å². The van der Waals surface area contributed by atoms with Crippen molar-refractivity contribution in [1.29, 1.82) is 0 Å². The molecule has 0 bridgehead atoms. The first kappa shape index (κ1) is 17.7. The molecule has 6 aromatic rings. The van der Waals surface area contributed by atoms with Gasteiger partial charge in [-0.2, -0.15) is 0 Å². The summed E-state index contributed by atoms with van der Waals surface area (Å²) in [5.74, 6) is 0. The smallest absolute Gasteiger partial charge is 0.145 e. The fourth-order valence-electron chi connectivity index (χ4n) is 5.92. The van der Waals surface area contributed by atoms with Crippen LogP contribution in [0.2, 0.25) is 0 Å². The molecule has 7 rings (SSSR count). The van der Waals surface area contributed by atoms with Gasteiger partial charge in [-0.3, -0.25) is 4.40 Å². The van der Waals surface area contributed by atoms with Crippen LogP contribution in [0.1, 0.15) is 28.1 Å². The number of hydrogen-bond acceptors (Lipinski definition) is 1. The lowest BCUT2D eigenvalue weighted by Crippen LogP contribution is -2.36. The topological polar surface area (TPSA) is 17.3 Å². The predicted octanol–water partition coefficient (Wildman–Crippen LogP) is 6.84. The van der Waals surface area contributed by atoms with Crippen LogP contribution in [-0.4, -0.2) is 9.38 Å². The van der Waals surface area contributed by atoms with Gasteiger partial charge in [-0.05, 0) is 29.0 Å². The molecule has 0 aliphatic carbocycles. The molecule has 0 amide bonds. The maximum absolute atomic E-state index is 5.11. The third kappa shape index (κ3) is 2.12. The molecule has 0 saturated heterocycles. The van der Waals surface area contributed by atoms with Gasteiger partial charge < -0.3 is 0 Å². The molecular weight excluding hydrogens is 388 g/mol. The van der Waals surface area contributed by atoms with Crippen molar-refractivity contribution in [2.75, 3.05) is 0 Å². The molecule has 3 heterocycles. The Kier molecular flexibility index (Phi) is 3.49. The van der Waals surface area contributed by atoms with Crippen LogP contribution in [0.5, 0.6) is 0 Å². The third-order valence-electron chi connectivity index (χ3n) is 7.32. The summed E-state index contributed by atoms with van der Waals surface area (Å²) in [5.41, 5.74) is 8.53. The lowest BCUT2D eigenvalue weighted by Gasteiger charge is -2.40. The summed E-state index contributed by atoms with van der Waals surface area (Å²) in [6.07, 6.45) is 0.887. The minimum atomic E-state index is -0.266. The summed E-state index contributed by atoms with van der Waals surface area (Å²) in [6, 6.07) is 37.5. The van der Waals surface area contributed by atoms with Gasteiger partial charge in [0.2, 0.25) is 0 Å². The minimum Gasteiger partial charge on any atom is -0.295 e. The molecule has 0 N–H and O–H groups in total. The highest BCUT2D eigenvalue weighted by Gasteiger charge is 2.42. The van der Waals surface area contributed by atoms with Crippen molar-refractivity contribution in [2.24, 2.45) is 0 Å². The van der Waals surface area contributed by atoms with Crippen molar-refractivity contribution in [3.63, 3.8) is 0 Å². The first-order valence-corrected chi connectivity index (χ1v) is 11.2. The molecular formula is C30H22N2. The zero-order valence-corrected chi connectivity index (χ0v) is 17.9. The Hall–Kier alpha value is -3.91. The molecule has 2 aromatic heterocycles. The van der Waals surface area contributed by atoms with Gasteiger partial charge in [0.25, 0.3) is 0 Å². The number of benzene rings is 4. The number of imidazole rings is 1. The highest BCUT2D eigenvalue weighted by molar-refractivity contribution is 6.13. The van der Waals surface area contributed by atoms with Crippen molar-refractivity contribution in [3.8, 4) is 0 Å². The molecule has 1 aliphatic heterocycles. The molecule has 4 aromatic carbocycles. The van der Waals surface area contributed by atoms with Gasteiger partial charge >= 0.3 is 0 Å². The van der Waals surface area contributed by atoms with Crippen LogP contribution in [0, 0.1) is 6.92 Å². The van der Waals surface area contributed by atoms with E-state index < -0.39 is 0 Å². The largest absolute Gasteiger partial charge is 0.295 e. The SMILES string of the molecule is Cc1nc2c3ccccc3c3cccc4c3n2c1CC4(c1ccccc1)c1ccccc1. The van der Waals surface area contributed by atoms with E-state index in [0.717, 1.165) is 17.8 Å². The first-order valence-electron chi connectivity index (χ1n) is 11.2. The predicted molar refractivity (Wildman–Crippen MR) is 131 cm³/mol. The summed E-state index contributed by atoms with van der Waals surface area (Å²) in [6.45, 7) is 2.16. The maximum atomic E-state index is 5.11. The standard InChI is InChI=1S/C30H22N2/c1-20-27-19-30(21-11-4-2-5-12-21,22-13-6-3-7-14-22)26-18-10-17-24-23-15-8-9-16-25(23)29(31-20)32(27)28(24)26/h2-18H,19H2,1H3. The molecule has 152 valence electrons. The van der Waals surface area contributed by atoms with Crippen LogP contribution >= 0.6 is 0 Å². The zero-order chi connectivity index (χ0) is 21.3. The Bertz CT molecular complexity index is 1600. The molecule has 0 unspecified atom stereocenters. The Balaban J connectivity index is 1.75. The molecule has 0 spiro atoms. The van der Waals surface area contributed by atoms with E-state index in [9.17, 15) is 0 Å². The lowest BCUT2D eigenvalue weighted by atomic mass is 9.65. The van der Waals surface area contributed by atoms with Crippen molar-refractivity contribution in [2.45, 2.75) is 18.8 Å². The van der Waals surface area contributed by atoms with Crippen molar-refractivity contribution >= 4 is 27.3 Å². The van der Waals surface area contributed by atoms with Crippen LogP contribution in [0.4, 0.5) is 0 Å². The van der Waals surface area contributed by atoms with Gasteiger partial charge in [0.05, 0.1) is 16.6 Å².